The Kier molecular flexibility index (Phi) is 3.37. The first-order chi connectivity index (χ1) is 6.24. The molecule has 0 saturated carbocycles. The van der Waals surface area contributed by atoms with E-state index in [0.717, 1.165) is 6.42 Å². The summed E-state index contributed by atoms with van der Waals surface area (Å²) in [4.78, 5) is 19.2. The van der Waals surface area contributed by atoms with Gasteiger partial charge in [0.1, 0.15) is 0 Å². The predicted octanol–water partition coefficient (Wildman–Crippen LogP) is 1.46. The molecule has 0 saturated heterocycles. The Morgan fingerprint density at radius 2 is 2.38 bits per heavy atom. The third-order valence-corrected chi connectivity index (χ3v) is 1.87. The lowest BCUT2D eigenvalue weighted by molar-refractivity contribution is -0.119. The molecule has 1 amide bonds. The largest absolute Gasteiger partial charge is 0.309 e. The fraction of sp³-hybridized carbons (Fsp3) is 0.444. The number of hydrogen-bond donors (Lipinski definition) is 1. The third kappa shape index (κ3) is 2.82. The maximum absolute atomic E-state index is 11.4. The van der Waals surface area contributed by atoms with Gasteiger partial charge in [0.25, 0.3) is 0 Å². The Morgan fingerprint density at radius 1 is 1.62 bits per heavy atom. The van der Waals surface area contributed by atoms with Crippen LogP contribution >= 0.6 is 0 Å². The van der Waals surface area contributed by atoms with Crippen LogP contribution in [0.1, 0.15) is 20.3 Å². The lowest BCUT2D eigenvalue weighted by Gasteiger charge is -2.07. The molecular weight excluding hydrogens is 166 g/mol. The minimum atomic E-state index is -0.0111. The molecular formula is C9H13N3O. The van der Waals surface area contributed by atoms with E-state index in [4.69, 9.17) is 0 Å². The van der Waals surface area contributed by atoms with Gasteiger partial charge in [-0.05, 0) is 6.42 Å². The van der Waals surface area contributed by atoms with Crippen molar-refractivity contribution < 1.29 is 4.79 Å². The Hall–Kier alpha value is -1.45. The van der Waals surface area contributed by atoms with Crippen LogP contribution < -0.4 is 5.32 Å². The third-order valence-electron chi connectivity index (χ3n) is 1.87. The van der Waals surface area contributed by atoms with Gasteiger partial charge in [-0.25, -0.2) is 4.98 Å². The summed E-state index contributed by atoms with van der Waals surface area (Å²) in [6, 6.07) is 0. The first-order valence-corrected chi connectivity index (χ1v) is 4.31. The summed E-state index contributed by atoms with van der Waals surface area (Å²) < 4.78 is 0. The van der Waals surface area contributed by atoms with Crippen LogP contribution in [0.3, 0.4) is 0 Å². The SMILES string of the molecule is CCC(C)C(=O)Nc1cnccn1. The first-order valence-electron chi connectivity index (χ1n) is 4.31. The van der Waals surface area contributed by atoms with E-state index in [2.05, 4.69) is 15.3 Å². The van der Waals surface area contributed by atoms with Gasteiger partial charge in [-0.15, -0.1) is 0 Å². The van der Waals surface area contributed by atoms with Crippen molar-refractivity contribution in [3.8, 4) is 0 Å². The number of carbonyl (C=O) groups excluding carboxylic acids is 1. The van der Waals surface area contributed by atoms with E-state index in [9.17, 15) is 4.79 Å². The second-order valence-corrected chi connectivity index (χ2v) is 2.89. The molecule has 4 nitrogen and oxygen atoms in total. The molecule has 1 heterocycles. The number of nitrogens with one attached hydrogen (secondary N) is 1. The van der Waals surface area contributed by atoms with Gasteiger partial charge in [0.2, 0.25) is 5.91 Å². The van der Waals surface area contributed by atoms with E-state index in [0.29, 0.717) is 5.82 Å². The molecule has 0 radical (unpaired) electrons. The molecule has 0 fully saturated rings. The standard InChI is InChI=1S/C9H13N3O/c1-3-7(2)9(13)12-8-6-10-4-5-11-8/h4-7H,3H2,1-2H3,(H,11,12,13). The van der Waals surface area contributed by atoms with Crippen LogP contribution in [0, 0.1) is 5.92 Å². The first kappa shape index (κ1) is 9.64. The molecule has 1 atom stereocenters. The molecule has 0 aromatic carbocycles. The van der Waals surface area contributed by atoms with Crippen LogP contribution in [0.15, 0.2) is 18.6 Å². The summed E-state index contributed by atoms with van der Waals surface area (Å²) in [6.45, 7) is 3.85. The molecule has 1 unspecified atom stereocenters. The average Bonchev–Trinajstić information content (AvgIpc) is 2.18. The Labute approximate surface area is 77.4 Å². The van der Waals surface area contributed by atoms with E-state index in [1.165, 1.54) is 6.20 Å². The zero-order valence-electron chi connectivity index (χ0n) is 7.82. The van der Waals surface area contributed by atoms with E-state index in [1.807, 2.05) is 13.8 Å². The van der Waals surface area contributed by atoms with E-state index >= 15 is 0 Å². The fourth-order valence-corrected chi connectivity index (χ4v) is 0.798. The number of carbonyl (C=O) groups is 1. The second-order valence-electron chi connectivity index (χ2n) is 2.89. The van der Waals surface area contributed by atoms with Crippen LogP contribution in [-0.4, -0.2) is 15.9 Å². The number of hydrogen-bond acceptors (Lipinski definition) is 3. The lowest BCUT2D eigenvalue weighted by atomic mass is 10.1. The maximum Gasteiger partial charge on any atom is 0.228 e. The lowest BCUT2D eigenvalue weighted by Crippen LogP contribution is -2.20. The molecule has 0 spiro atoms. The van der Waals surface area contributed by atoms with Crippen molar-refractivity contribution in [1.82, 2.24) is 9.97 Å². The van der Waals surface area contributed by atoms with Crippen molar-refractivity contribution in [3.05, 3.63) is 18.6 Å². The molecule has 1 N–H and O–H groups in total. The normalized spacial score (nSPS) is 12.2. The van der Waals surface area contributed by atoms with Crippen molar-refractivity contribution in [2.75, 3.05) is 5.32 Å². The number of amides is 1. The minimum absolute atomic E-state index is 0.0111. The summed E-state index contributed by atoms with van der Waals surface area (Å²) in [6.07, 6.45) is 5.47. The van der Waals surface area contributed by atoms with Gasteiger partial charge in [-0.1, -0.05) is 13.8 Å². The molecule has 1 rings (SSSR count). The molecule has 0 aliphatic carbocycles. The Bertz CT molecular complexity index is 273. The van der Waals surface area contributed by atoms with Crippen LogP contribution in [0.2, 0.25) is 0 Å². The highest BCUT2D eigenvalue weighted by Crippen LogP contribution is 2.05. The zero-order chi connectivity index (χ0) is 9.68. The van der Waals surface area contributed by atoms with E-state index in [-0.39, 0.29) is 11.8 Å². The topological polar surface area (TPSA) is 54.9 Å². The monoisotopic (exact) mass is 179 g/mol. The number of anilines is 1. The average molecular weight is 179 g/mol. The molecule has 0 bridgehead atoms. The van der Waals surface area contributed by atoms with Gasteiger partial charge < -0.3 is 5.32 Å². The summed E-state index contributed by atoms with van der Waals surface area (Å²) in [5.74, 6) is 0.512. The van der Waals surface area contributed by atoms with Crippen LogP contribution in [0.25, 0.3) is 0 Å². The molecule has 0 aliphatic heterocycles. The minimum Gasteiger partial charge on any atom is -0.309 e. The van der Waals surface area contributed by atoms with Gasteiger partial charge in [0.05, 0.1) is 6.20 Å². The molecule has 1 aromatic rings. The number of nitrogens with zero attached hydrogens (tertiary/aromatic N) is 2. The summed E-state index contributed by atoms with van der Waals surface area (Å²) in [7, 11) is 0. The van der Waals surface area contributed by atoms with Crippen molar-refractivity contribution in [1.29, 1.82) is 0 Å². The second kappa shape index (κ2) is 4.54. The number of aromatic nitrogens is 2. The summed E-state index contributed by atoms with van der Waals surface area (Å²) in [5.41, 5.74) is 0. The van der Waals surface area contributed by atoms with Crippen molar-refractivity contribution >= 4 is 11.7 Å². The predicted molar refractivity (Wildman–Crippen MR) is 50.1 cm³/mol. The molecule has 1 aromatic heterocycles. The van der Waals surface area contributed by atoms with Crippen molar-refractivity contribution in [2.24, 2.45) is 5.92 Å². The molecule has 13 heavy (non-hydrogen) atoms. The van der Waals surface area contributed by atoms with Crippen LogP contribution in [-0.2, 0) is 4.79 Å². The molecule has 0 aliphatic rings. The highest BCUT2D eigenvalue weighted by Gasteiger charge is 2.10. The van der Waals surface area contributed by atoms with Crippen molar-refractivity contribution in [2.45, 2.75) is 20.3 Å². The van der Waals surface area contributed by atoms with Crippen LogP contribution in [0.4, 0.5) is 5.82 Å². The van der Waals surface area contributed by atoms with E-state index in [1.54, 1.807) is 12.4 Å². The fourth-order valence-electron chi connectivity index (χ4n) is 0.798. The summed E-state index contributed by atoms with van der Waals surface area (Å²) >= 11 is 0. The quantitative estimate of drug-likeness (QED) is 0.764. The smallest absolute Gasteiger partial charge is 0.228 e. The Morgan fingerprint density at radius 3 is 2.92 bits per heavy atom. The van der Waals surface area contributed by atoms with Gasteiger partial charge in [-0.2, -0.15) is 0 Å². The van der Waals surface area contributed by atoms with Gasteiger partial charge in [0.15, 0.2) is 5.82 Å². The van der Waals surface area contributed by atoms with Crippen LogP contribution in [0.5, 0.6) is 0 Å². The Balaban J connectivity index is 2.55. The number of rotatable bonds is 3. The van der Waals surface area contributed by atoms with Gasteiger partial charge in [-0.3, -0.25) is 9.78 Å². The maximum atomic E-state index is 11.4. The molecule has 70 valence electrons. The highest BCUT2D eigenvalue weighted by atomic mass is 16.1. The van der Waals surface area contributed by atoms with E-state index < -0.39 is 0 Å². The summed E-state index contributed by atoms with van der Waals surface area (Å²) in [5, 5.41) is 2.68. The van der Waals surface area contributed by atoms with Gasteiger partial charge in [0, 0.05) is 18.3 Å². The molecule has 4 heteroatoms. The van der Waals surface area contributed by atoms with Crippen molar-refractivity contribution in [3.63, 3.8) is 0 Å². The highest BCUT2D eigenvalue weighted by molar-refractivity contribution is 5.91. The zero-order valence-corrected chi connectivity index (χ0v) is 7.82. The van der Waals surface area contributed by atoms with Gasteiger partial charge >= 0.3 is 0 Å².